The minimum atomic E-state index is -0.775. The monoisotopic (exact) mass is 521 g/mol. The molecule has 31 heavy (non-hydrogen) atoms. The number of benzene rings is 2. The maximum atomic E-state index is 12.7. The number of amides is 1. The molecule has 0 fully saturated rings. The zero-order chi connectivity index (χ0) is 22.5. The summed E-state index contributed by atoms with van der Waals surface area (Å²) in [6, 6.07) is 11.8. The summed E-state index contributed by atoms with van der Waals surface area (Å²) in [4.78, 5) is 29.5. The van der Waals surface area contributed by atoms with E-state index in [0.29, 0.717) is 16.2 Å². The minimum Gasteiger partial charge on any atom is -0.506 e. The number of methoxy groups -OCH3 is 1. The van der Waals surface area contributed by atoms with Gasteiger partial charge in [0.2, 0.25) is 0 Å². The number of rotatable bonds is 5. The smallest absolute Gasteiger partial charge is 0.344 e. The van der Waals surface area contributed by atoms with Crippen molar-refractivity contribution in [3.05, 3.63) is 79.3 Å². The molecule has 0 unspecified atom stereocenters. The molecule has 1 heterocycles. The first-order valence-electron chi connectivity index (χ1n) is 9.07. The molecule has 0 aliphatic carbocycles. The summed E-state index contributed by atoms with van der Waals surface area (Å²) in [6.07, 6.45) is 1.64. The Labute approximate surface area is 196 Å². The zero-order valence-electron chi connectivity index (χ0n) is 16.5. The first-order valence-corrected chi connectivity index (χ1v) is 11.1. The molecule has 9 heteroatoms. The van der Waals surface area contributed by atoms with Gasteiger partial charge in [-0.2, -0.15) is 0 Å². The molecule has 1 N–H and O–H groups in total. The van der Waals surface area contributed by atoms with Crippen LogP contribution in [0.1, 0.15) is 22.8 Å². The molecule has 0 saturated carbocycles. The molecule has 1 aliphatic rings. The van der Waals surface area contributed by atoms with Crippen molar-refractivity contribution >= 4 is 62.3 Å². The fourth-order valence-electron chi connectivity index (χ4n) is 2.74. The molecule has 2 aromatic carbocycles. The zero-order valence-corrected chi connectivity index (χ0v) is 19.7. The van der Waals surface area contributed by atoms with Gasteiger partial charge in [-0.1, -0.05) is 51.4 Å². The van der Waals surface area contributed by atoms with Crippen LogP contribution in [0.3, 0.4) is 0 Å². The molecule has 0 spiro atoms. The van der Waals surface area contributed by atoms with E-state index in [1.165, 1.54) is 13.2 Å². The van der Waals surface area contributed by atoms with Crippen LogP contribution in [0, 0.1) is 0 Å². The van der Waals surface area contributed by atoms with Gasteiger partial charge in [0, 0.05) is 10.0 Å². The lowest BCUT2D eigenvalue weighted by Crippen LogP contribution is -2.14. The fourth-order valence-corrected chi connectivity index (χ4v) is 4.34. The van der Waals surface area contributed by atoms with E-state index in [4.69, 9.17) is 21.1 Å². The number of carbonyl (C=O) groups is 2. The van der Waals surface area contributed by atoms with E-state index in [9.17, 15) is 14.7 Å². The van der Waals surface area contributed by atoms with Crippen LogP contribution in [0.2, 0.25) is 5.02 Å². The van der Waals surface area contributed by atoms with Crippen molar-refractivity contribution in [3.8, 4) is 5.75 Å². The SMILES string of the molecule is CCOC(=O)C1=C(O)/C(=C/c2cc(Br)ccc2OC)SC1=NC(=O)c1ccccc1Cl. The van der Waals surface area contributed by atoms with Crippen molar-refractivity contribution in [2.75, 3.05) is 13.7 Å². The number of carbonyl (C=O) groups excluding carboxylic acids is 2. The van der Waals surface area contributed by atoms with Gasteiger partial charge in [-0.15, -0.1) is 0 Å². The highest BCUT2D eigenvalue weighted by Crippen LogP contribution is 2.40. The Morgan fingerprint density at radius 2 is 2.00 bits per heavy atom. The van der Waals surface area contributed by atoms with Crippen LogP contribution < -0.4 is 4.74 Å². The molecule has 0 atom stereocenters. The Bertz CT molecular complexity index is 1140. The van der Waals surface area contributed by atoms with Gasteiger partial charge in [0.25, 0.3) is 5.91 Å². The van der Waals surface area contributed by atoms with Gasteiger partial charge >= 0.3 is 5.97 Å². The number of thioether (sulfide) groups is 1. The van der Waals surface area contributed by atoms with E-state index in [1.807, 2.05) is 6.07 Å². The predicted molar refractivity (Wildman–Crippen MR) is 126 cm³/mol. The lowest BCUT2D eigenvalue weighted by atomic mass is 10.1. The van der Waals surface area contributed by atoms with E-state index in [-0.39, 0.29) is 33.6 Å². The Hall–Kier alpha value is -2.55. The Morgan fingerprint density at radius 3 is 2.68 bits per heavy atom. The molecule has 0 saturated heterocycles. The highest BCUT2D eigenvalue weighted by atomic mass is 79.9. The van der Waals surface area contributed by atoms with Crippen LogP contribution in [0.4, 0.5) is 0 Å². The molecule has 2 aromatic rings. The van der Waals surface area contributed by atoms with E-state index in [1.54, 1.807) is 43.3 Å². The Morgan fingerprint density at radius 1 is 1.26 bits per heavy atom. The van der Waals surface area contributed by atoms with Gasteiger partial charge in [-0.3, -0.25) is 4.79 Å². The first-order chi connectivity index (χ1) is 14.8. The van der Waals surface area contributed by atoms with Gasteiger partial charge in [-0.25, -0.2) is 9.79 Å². The predicted octanol–water partition coefficient (Wildman–Crippen LogP) is 5.81. The quantitative estimate of drug-likeness (QED) is 0.499. The van der Waals surface area contributed by atoms with Crippen LogP contribution in [0.15, 0.2) is 68.2 Å². The van der Waals surface area contributed by atoms with Crippen LogP contribution in [0.25, 0.3) is 6.08 Å². The molecular formula is C22H17BrClNO5S. The molecule has 1 aliphatic heterocycles. The Balaban J connectivity index is 2.08. The van der Waals surface area contributed by atoms with E-state index in [2.05, 4.69) is 20.9 Å². The van der Waals surface area contributed by atoms with Crippen LogP contribution >= 0.6 is 39.3 Å². The molecule has 0 bridgehead atoms. The summed E-state index contributed by atoms with van der Waals surface area (Å²) < 4.78 is 11.2. The lowest BCUT2D eigenvalue weighted by Gasteiger charge is -2.06. The van der Waals surface area contributed by atoms with Crippen molar-refractivity contribution in [1.82, 2.24) is 0 Å². The van der Waals surface area contributed by atoms with E-state index >= 15 is 0 Å². The third kappa shape index (κ3) is 5.20. The molecule has 0 aromatic heterocycles. The van der Waals surface area contributed by atoms with Crippen LogP contribution in [-0.2, 0) is 9.53 Å². The minimum absolute atomic E-state index is 0.0288. The number of halogens is 2. The number of aliphatic hydroxyl groups is 1. The standard InChI is InChI=1S/C22H17BrClNO5S/c1-3-30-22(28)18-19(26)17(11-12-10-13(23)8-9-16(12)29-2)31-21(18)25-20(27)14-6-4-5-7-15(14)24/h4-11,26H,3H2,1-2H3/b17-11-,25-21?. The first kappa shape index (κ1) is 23.1. The second-order valence-corrected chi connectivity index (χ2v) is 8.50. The van der Waals surface area contributed by atoms with Gasteiger partial charge in [-0.05, 0) is 43.3 Å². The highest BCUT2D eigenvalue weighted by molar-refractivity contribution is 9.10. The summed E-state index contributed by atoms with van der Waals surface area (Å²) in [7, 11) is 1.53. The average molecular weight is 523 g/mol. The topological polar surface area (TPSA) is 85.2 Å². The molecular weight excluding hydrogens is 506 g/mol. The van der Waals surface area contributed by atoms with Crippen molar-refractivity contribution in [3.63, 3.8) is 0 Å². The summed E-state index contributed by atoms with van der Waals surface area (Å²) in [5.41, 5.74) is 0.673. The maximum absolute atomic E-state index is 12.7. The molecule has 3 rings (SSSR count). The third-order valence-electron chi connectivity index (χ3n) is 4.16. The average Bonchev–Trinajstić information content (AvgIpc) is 3.03. The van der Waals surface area contributed by atoms with E-state index in [0.717, 1.165) is 16.2 Å². The number of aliphatic hydroxyl groups excluding tert-OH is 1. The summed E-state index contributed by atoms with van der Waals surface area (Å²) in [5.74, 6) is -1.16. The van der Waals surface area contributed by atoms with Crippen LogP contribution in [0.5, 0.6) is 5.75 Å². The molecule has 160 valence electrons. The summed E-state index contributed by atoms with van der Waals surface area (Å²) in [5, 5.41) is 11.0. The maximum Gasteiger partial charge on any atom is 0.344 e. The fraction of sp³-hybridized carbons (Fsp3) is 0.136. The second kappa shape index (κ2) is 10.2. The lowest BCUT2D eigenvalue weighted by molar-refractivity contribution is -0.138. The number of hydrogen-bond donors (Lipinski definition) is 1. The largest absolute Gasteiger partial charge is 0.506 e. The molecule has 0 radical (unpaired) electrons. The summed E-state index contributed by atoms with van der Waals surface area (Å²) in [6.45, 7) is 1.75. The van der Waals surface area contributed by atoms with Crippen molar-refractivity contribution in [1.29, 1.82) is 0 Å². The van der Waals surface area contributed by atoms with Gasteiger partial charge in [0.05, 0.1) is 29.2 Å². The van der Waals surface area contributed by atoms with Gasteiger partial charge in [0.1, 0.15) is 22.1 Å². The van der Waals surface area contributed by atoms with Crippen molar-refractivity contribution in [2.45, 2.75) is 6.92 Å². The number of esters is 1. The van der Waals surface area contributed by atoms with Crippen LogP contribution in [-0.4, -0.2) is 35.7 Å². The Kier molecular flexibility index (Phi) is 7.59. The number of ether oxygens (including phenoxy) is 2. The highest BCUT2D eigenvalue weighted by Gasteiger charge is 2.34. The normalized spacial score (nSPS) is 16.1. The van der Waals surface area contributed by atoms with E-state index < -0.39 is 11.9 Å². The van der Waals surface area contributed by atoms with Crippen molar-refractivity contribution < 1.29 is 24.2 Å². The number of hydrogen-bond acceptors (Lipinski definition) is 6. The second-order valence-electron chi connectivity index (χ2n) is 6.14. The number of aliphatic imine (C=N–C) groups is 1. The number of nitrogens with zero attached hydrogens (tertiary/aromatic N) is 1. The molecule has 6 nitrogen and oxygen atoms in total. The van der Waals surface area contributed by atoms with Gasteiger partial charge in [0.15, 0.2) is 0 Å². The third-order valence-corrected chi connectivity index (χ3v) is 6.00. The van der Waals surface area contributed by atoms with Gasteiger partial charge < -0.3 is 14.6 Å². The molecule has 1 amide bonds. The van der Waals surface area contributed by atoms with Crippen molar-refractivity contribution in [2.24, 2.45) is 4.99 Å². The summed E-state index contributed by atoms with van der Waals surface area (Å²) >= 11 is 10.5.